The maximum Gasteiger partial charge on any atom is 0.242 e. The third-order valence-electron chi connectivity index (χ3n) is 4.83. The fourth-order valence-corrected chi connectivity index (χ4v) is 3.43. The number of amides is 2. The Morgan fingerprint density at radius 3 is 2.29 bits per heavy atom. The van der Waals surface area contributed by atoms with E-state index in [4.69, 9.17) is 23.2 Å². The summed E-state index contributed by atoms with van der Waals surface area (Å²) < 4.78 is 0. The van der Waals surface area contributed by atoms with Gasteiger partial charge in [0.1, 0.15) is 6.04 Å². The van der Waals surface area contributed by atoms with Crippen molar-refractivity contribution in [3.8, 4) is 0 Å². The number of nitrogens with one attached hydrogen (secondary N) is 1. The van der Waals surface area contributed by atoms with Gasteiger partial charge in [-0.1, -0.05) is 60.5 Å². The van der Waals surface area contributed by atoms with Crippen LogP contribution < -0.4 is 5.32 Å². The van der Waals surface area contributed by atoms with Gasteiger partial charge in [0, 0.05) is 30.1 Å². The second-order valence-corrected chi connectivity index (χ2v) is 7.56. The summed E-state index contributed by atoms with van der Waals surface area (Å²) in [5.41, 5.74) is 3.12. The summed E-state index contributed by atoms with van der Waals surface area (Å²) in [6.07, 6.45) is 1.92. The van der Waals surface area contributed by atoms with Gasteiger partial charge < -0.3 is 10.2 Å². The van der Waals surface area contributed by atoms with E-state index < -0.39 is 6.04 Å². The molecule has 6 heteroatoms. The predicted octanol–water partition coefficient (Wildman–Crippen LogP) is 4.65. The molecule has 0 heterocycles. The summed E-state index contributed by atoms with van der Waals surface area (Å²) in [5.74, 6) is -0.313. The molecule has 2 amide bonds. The maximum atomic E-state index is 13.0. The SMILES string of the molecule is CCc1ccc(CCC(=O)N(Cc2ccc(Cl)cc2Cl)[C@@H](C)C(=O)NC)cc1. The minimum Gasteiger partial charge on any atom is -0.357 e. The summed E-state index contributed by atoms with van der Waals surface area (Å²) in [7, 11) is 1.56. The molecule has 0 aromatic heterocycles. The van der Waals surface area contributed by atoms with E-state index in [1.165, 1.54) is 5.56 Å². The Labute approximate surface area is 176 Å². The number of hydrogen-bond acceptors (Lipinski definition) is 2. The molecule has 0 saturated carbocycles. The second kappa shape index (κ2) is 10.5. The fourth-order valence-electron chi connectivity index (χ4n) is 2.96. The number of nitrogens with zero attached hydrogens (tertiary/aromatic N) is 1. The first-order valence-corrected chi connectivity index (χ1v) is 10.1. The monoisotopic (exact) mass is 420 g/mol. The predicted molar refractivity (Wildman–Crippen MR) is 115 cm³/mol. The number of halogens is 2. The normalized spacial score (nSPS) is 11.8. The smallest absolute Gasteiger partial charge is 0.242 e. The zero-order valence-corrected chi connectivity index (χ0v) is 18.0. The highest BCUT2D eigenvalue weighted by Crippen LogP contribution is 2.23. The molecule has 0 spiro atoms. The van der Waals surface area contributed by atoms with Crippen LogP contribution in [0.25, 0.3) is 0 Å². The van der Waals surface area contributed by atoms with Gasteiger partial charge in [0.2, 0.25) is 11.8 Å². The fraction of sp³-hybridized carbons (Fsp3) is 0.364. The molecule has 0 aliphatic carbocycles. The molecule has 2 rings (SSSR count). The number of carbonyl (C=O) groups excluding carboxylic acids is 2. The van der Waals surface area contributed by atoms with Crippen LogP contribution in [0.5, 0.6) is 0 Å². The number of hydrogen-bond donors (Lipinski definition) is 1. The minimum absolute atomic E-state index is 0.0957. The van der Waals surface area contributed by atoms with E-state index in [2.05, 4.69) is 36.5 Å². The van der Waals surface area contributed by atoms with Crippen LogP contribution >= 0.6 is 23.2 Å². The quantitative estimate of drug-likeness (QED) is 0.675. The number of likely N-dealkylation sites (N-methyl/N-ethyl adjacent to an activating group) is 1. The number of aryl methyl sites for hydroxylation is 2. The Kier molecular flexibility index (Phi) is 8.34. The molecule has 1 N–H and O–H groups in total. The van der Waals surface area contributed by atoms with Crippen LogP contribution in [0, 0.1) is 0 Å². The molecule has 150 valence electrons. The Bertz CT molecular complexity index is 822. The molecular weight excluding hydrogens is 395 g/mol. The molecule has 0 radical (unpaired) electrons. The van der Waals surface area contributed by atoms with Crippen molar-refractivity contribution in [3.05, 3.63) is 69.2 Å². The minimum atomic E-state index is -0.605. The van der Waals surface area contributed by atoms with Crippen molar-refractivity contribution < 1.29 is 9.59 Å². The topological polar surface area (TPSA) is 49.4 Å². The van der Waals surface area contributed by atoms with E-state index in [1.54, 1.807) is 37.1 Å². The van der Waals surface area contributed by atoms with Gasteiger partial charge in [-0.3, -0.25) is 9.59 Å². The molecule has 2 aromatic carbocycles. The van der Waals surface area contributed by atoms with Gasteiger partial charge in [-0.15, -0.1) is 0 Å². The van der Waals surface area contributed by atoms with E-state index in [0.717, 1.165) is 17.5 Å². The first kappa shape index (κ1) is 22.3. The third-order valence-corrected chi connectivity index (χ3v) is 5.42. The van der Waals surface area contributed by atoms with Crippen LogP contribution in [-0.2, 0) is 29.0 Å². The van der Waals surface area contributed by atoms with Crippen LogP contribution in [0.2, 0.25) is 10.0 Å². The van der Waals surface area contributed by atoms with Gasteiger partial charge in [0.05, 0.1) is 0 Å². The molecule has 0 saturated heterocycles. The van der Waals surface area contributed by atoms with E-state index in [9.17, 15) is 9.59 Å². The lowest BCUT2D eigenvalue weighted by Gasteiger charge is -2.29. The zero-order chi connectivity index (χ0) is 20.7. The molecule has 0 bridgehead atoms. The summed E-state index contributed by atoms with van der Waals surface area (Å²) in [6, 6.07) is 12.8. The average Bonchev–Trinajstić information content (AvgIpc) is 2.70. The van der Waals surface area contributed by atoms with Gasteiger partial charge in [-0.25, -0.2) is 0 Å². The standard InChI is InChI=1S/C22H26Cl2N2O2/c1-4-16-5-7-17(8-6-16)9-12-21(27)26(15(2)22(28)25-3)14-18-10-11-19(23)13-20(18)24/h5-8,10-11,13,15H,4,9,12,14H2,1-3H3,(H,25,28)/t15-/m0/s1. The lowest BCUT2D eigenvalue weighted by Crippen LogP contribution is -2.46. The molecule has 2 aromatic rings. The number of benzene rings is 2. The largest absolute Gasteiger partial charge is 0.357 e. The number of carbonyl (C=O) groups is 2. The van der Waals surface area contributed by atoms with Crippen molar-refractivity contribution in [2.75, 3.05) is 7.05 Å². The molecule has 0 unspecified atom stereocenters. The summed E-state index contributed by atoms with van der Waals surface area (Å²) >= 11 is 12.2. The van der Waals surface area contributed by atoms with E-state index >= 15 is 0 Å². The molecular formula is C22H26Cl2N2O2. The Balaban J connectivity index is 2.14. The van der Waals surface area contributed by atoms with Crippen molar-refractivity contribution in [1.82, 2.24) is 10.2 Å². The first-order chi connectivity index (χ1) is 13.3. The van der Waals surface area contributed by atoms with Gasteiger partial charge >= 0.3 is 0 Å². The van der Waals surface area contributed by atoms with Crippen LogP contribution in [-0.4, -0.2) is 29.8 Å². The summed E-state index contributed by atoms with van der Waals surface area (Å²) in [6.45, 7) is 4.08. The van der Waals surface area contributed by atoms with Crippen molar-refractivity contribution >= 4 is 35.0 Å². The highest BCUT2D eigenvalue weighted by Gasteiger charge is 2.25. The second-order valence-electron chi connectivity index (χ2n) is 6.72. The van der Waals surface area contributed by atoms with Crippen molar-refractivity contribution in [1.29, 1.82) is 0 Å². The number of rotatable bonds is 8. The Hall–Kier alpha value is -2.04. The van der Waals surface area contributed by atoms with Gasteiger partial charge in [-0.05, 0) is 48.6 Å². The molecule has 0 aliphatic rings. The zero-order valence-electron chi connectivity index (χ0n) is 16.5. The van der Waals surface area contributed by atoms with E-state index in [-0.39, 0.29) is 18.4 Å². The molecule has 0 fully saturated rings. The van der Waals surface area contributed by atoms with Crippen molar-refractivity contribution in [3.63, 3.8) is 0 Å². The highest BCUT2D eigenvalue weighted by atomic mass is 35.5. The van der Waals surface area contributed by atoms with Crippen molar-refractivity contribution in [2.45, 2.75) is 45.7 Å². The molecule has 4 nitrogen and oxygen atoms in total. The van der Waals surface area contributed by atoms with Crippen LogP contribution in [0.4, 0.5) is 0 Å². The molecule has 1 atom stereocenters. The van der Waals surface area contributed by atoms with Crippen LogP contribution in [0.1, 0.15) is 37.0 Å². The van der Waals surface area contributed by atoms with Crippen molar-refractivity contribution in [2.24, 2.45) is 0 Å². The van der Waals surface area contributed by atoms with E-state index in [1.807, 2.05) is 0 Å². The van der Waals surface area contributed by atoms with E-state index in [0.29, 0.717) is 22.9 Å². The highest BCUT2D eigenvalue weighted by molar-refractivity contribution is 6.35. The summed E-state index contributed by atoms with van der Waals surface area (Å²) in [4.78, 5) is 26.7. The van der Waals surface area contributed by atoms with Gasteiger partial charge in [-0.2, -0.15) is 0 Å². The Morgan fingerprint density at radius 2 is 1.71 bits per heavy atom. The lowest BCUT2D eigenvalue weighted by molar-refractivity contribution is -0.140. The molecule has 0 aliphatic heterocycles. The maximum absolute atomic E-state index is 13.0. The average molecular weight is 421 g/mol. The first-order valence-electron chi connectivity index (χ1n) is 9.38. The molecule has 28 heavy (non-hydrogen) atoms. The van der Waals surface area contributed by atoms with Crippen LogP contribution in [0.3, 0.4) is 0 Å². The van der Waals surface area contributed by atoms with Gasteiger partial charge in [0.15, 0.2) is 0 Å². The Morgan fingerprint density at radius 1 is 1.07 bits per heavy atom. The van der Waals surface area contributed by atoms with Gasteiger partial charge in [0.25, 0.3) is 0 Å². The lowest BCUT2D eigenvalue weighted by atomic mass is 10.0. The van der Waals surface area contributed by atoms with Crippen LogP contribution in [0.15, 0.2) is 42.5 Å². The third kappa shape index (κ3) is 5.98. The summed E-state index contributed by atoms with van der Waals surface area (Å²) in [5, 5.41) is 3.61.